The molecule has 2 fully saturated rings. The van der Waals surface area contributed by atoms with Crippen LogP contribution in [0, 0.1) is 16.0 Å². The summed E-state index contributed by atoms with van der Waals surface area (Å²) >= 11 is 5.63. The summed E-state index contributed by atoms with van der Waals surface area (Å²) in [6, 6.07) is 7.30. The van der Waals surface area contributed by atoms with Crippen LogP contribution in [-0.2, 0) is 0 Å². The number of hydrogen-bond donors (Lipinski definition) is 1. The first-order chi connectivity index (χ1) is 12.0. The van der Waals surface area contributed by atoms with E-state index in [-0.39, 0.29) is 10.6 Å². The molecule has 0 amide bonds. The minimum Gasteiger partial charge on any atom is -0.368 e. The second-order valence-electron chi connectivity index (χ2n) is 7.07. The Labute approximate surface area is 154 Å². The molecule has 1 heterocycles. The van der Waals surface area contributed by atoms with Gasteiger partial charge in [-0.1, -0.05) is 19.8 Å². The Morgan fingerprint density at radius 2 is 1.80 bits per heavy atom. The first-order valence-electron chi connectivity index (χ1n) is 9.09. The third-order valence-corrected chi connectivity index (χ3v) is 5.79. The van der Waals surface area contributed by atoms with Gasteiger partial charge in [-0.15, -0.1) is 0 Å². The lowest BCUT2D eigenvalue weighted by Crippen LogP contribution is -2.54. The van der Waals surface area contributed by atoms with Gasteiger partial charge in [-0.3, -0.25) is 10.1 Å². The minimum atomic E-state index is -0.363. The van der Waals surface area contributed by atoms with E-state index in [1.807, 2.05) is 12.1 Å². The van der Waals surface area contributed by atoms with Gasteiger partial charge in [0.1, 0.15) is 0 Å². The van der Waals surface area contributed by atoms with Crippen molar-refractivity contribution >= 4 is 28.7 Å². The number of nitrogens with one attached hydrogen (secondary N) is 1. The average molecular weight is 362 g/mol. The molecule has 1 aromatic rings. The highest BCUT2D eigenvalue weighted by molar-refractivity contribution is 7.80. The van der Waals surface area contributed by atoms with Crippen molar-refractivity contribution in [3.05, 3.63) is 34.4 Å². The Morgan fingerprint density at radius 1 is 1.16 bits per heavy atom. The van der Waals surface area contributed by atoms with Crippen molar-refractivity contribution in [2.45, 2.75) is 38.6 Å². The first kappa shape index (κ1) is 17.9. The number of thiocarbonyl (C=S) groups is 1. The van der Waals surface area contributed by atoms with E-state index in [2.05, 4.69) is 22.0 Å². The van der Waals surface area contributed by atoms with Crippen LogP contribution in [0.15, 0.2) is 24.3 Å². The lowest BCUT2D eigenvalue weighted by molar-refractivity contribution is -0.384. The van der Waals surface area contributed by atoms with E-state index in [9.17, 15) is 10.1 Å². The Kier molecular flexibility index (Phi) is 5.73. The Balaban J connectivity index is 1.51. The molecule has 2 atom stereocenters. The molecular weight excluding hydrogens is 336 g/mol. The minimum absolute atomic E-state index is 0.134. The molecule has 6 nitrogen and oxygen atoms in total. The number of rotatable bonds is 3. The van der Waals surface area contributed by atoms with E-state index >= 15 is 0 Å². The normalized spacial score (nSPS) is 24.0. The number of anilines is 1. The summed E-state index contributed by atoms with van der Waals surface area (Å²) in [5.41, 5.74) is 1.17. The fraction of sp³-hybridized carbons (Fsp3) is 0.611. The van der Waals surface area contributed by atoms with Gasteiger partial charge in [0.25, 0.3) is 5.69 Å². The summed E-state index contributed by atoms with van der Waals surface area (Å²) in [7, 11) is 0. The highest BCUT2D eigenvalue weighted by Crippen LogP contribution is 2.24. The van der Waals surface area contributed by atoms with Gasteiger partial charge in [0.05, 0.1) is 4.92 Å². The van der Waals surface area contributed by atoms with Crippen LogP contribution in [0.25, 0.3) is 0 Å². The van der Waals surface area contributed by atoms with Crippen molar-refractivity contribution in [2.75, 3.05) is 31.1 Å². The number of nitro benzene ring substituents is 1. The van der Waals surface area contributed by atoms with E-state index in [0.29, 0.717) is 12.0 Å². The van der Waals surface area contributed by atoms with E-state index in [1.54, 1.807) is 12.1 Å². The second-order valence-corrected chi connectivity index (χ2v) is 7.45. The first-order valence-corrected chi connectivity index (χ1v) is 9.50. The molecule has 2 aliphatic rings. The van der Waals surface area contributed by atoms with E-state index < -0.39 is 0 Å². The summed E-state index contributed by atoms with van der Waals surface area (Å²) in [6.07, 6.45) is 5.12. The lowest BCUT2D eigenvalue weighted by atomic mass is 9.86. The van der Waals surface area contributed by atoms with Gasteiger partial charge in [-0.05, 0) is 43.1 Å². The maximum atomic E-state index is 10.8. The average Bonchev–Trinajstić information content (AvgIpc) is 2.64. The van der Waals surface area contributed by atoms with Crippen LogP contribution >= 0.6 is 12.2 Å². The van der Waals surface area contributed by atoms with Crippen LogP contribution in [0.4, 0.5) is 11.4 Å². The van der Waals surface area contributed by atoms with Crippen LogP contribution in [0.1, 0.15) is 32.6 Å². The van der Waals surface area contributed by atoms with Gasteiger partial charge in [0, 0.05) is 50.0 Å². The number of piperazine rings is 1. The van der Waals surface area contributed by atoms with Crippen LogP contribution in [0.2, 0.25) is 0 Å². The molecule has 0 radical (unpaired) electrons. The van der Waals surface area contributed by atoms with Crippen molar-refractivity contribution in [1.82, 2.24) is 10.2 Å². The molecule has 1 aliphatic carbocycles. The fourth-order valence-corrected chi connectivity index (χ4v) is 4.07. The van der Waals surface area contributed by atoms with E-state index in [0.717, 1.165) is 37.0 Å². The number of non-ortho nitro benzene ring substituents is 1. The molecule has 136 valence electrons. The number of nitrogens with zero attached hydrogens (tertiary/aromatic N) is 3. The predicted molar refractivity (Wildman–Crippen MR) is 104 cm³/mol. The van der Waals surface area contributed by atoms with E-state index in [1.165, 1.54) is 25.7 Å². The maximum absolute atomic E-state index is 10.8. The summed E-state index contributed by atoms with van der Waals surface area (Å²) in [6.45, 7) is 5.82. The van der Waals surface area contributed by atoms with Gasteiger partial charge in [0.15, 0.2) is 5.11 Å². The maximum Gasteiger partial charge on any atom is 0.269 e. The van der Waals surface area contributed by atoms with Gasteiger partial charge in [0.2, 0.25) is 0 Å². The van der Waals surface area contributed by atoms with Crippen molar-refractivity contribution < 1.29 is 4.92 Å². The largest absolute Gasteiger partial charge is 0.368 e. The molecule has 1 aliphatic heterocycles. The zero-order chi connectivity index (χ0) is 17.8. The molecule has 3 rings (SSSR count). The highest BCUT2D eigenvalue weighted by atomic mass is 32.1. The Hall–Kier alpha value is -1.89. The second kappa shape index (κ2) is 7.99. The molecule has 1 aromatic carbocycles. The monoisotopic (exact) mass is 362 g/mol. The SMILES string of the molecule is C[C@H]1CCCC[C@@H]1NC(=S)N1CCN(c2ccc([N+](=O)[O-])cc2)CC1. The van der Waals surface area contributed by atoms with Gasteiger partial charge in [-0.2, -0.15) is 0 Å². The zero-order valence-corrected chi connectivity index (χ0v) is 15.5. The van der Waals surface area contributed by atoms with Crippen LogP contribution in [0.5, 0.6) is 0 Å². The van der Waals surface area contributed by atoms with Crippen molar-refractivity contribution in [1.29, 1.82) is 0 Å². The topological polar surface area (TPSA) is 61.6 Å². The molecule has 0 unspecified atom stereocenters. The Bertz CT molecular complexity index is 614. The van der Waals surface area contributed by atoms with Crippen LogP contribution in [0.3, 0.4) is 0 Å². The predicted octanol–water partition coefficient (Wildman–Crippen LogP) is 3.17. The molecule has 0 spiro atoms. The van der Waals surface area contributed by atoms with Gasteiger partial charge < -0.3 is 15.1 Å². The molecule has 1 saturated heterocycles. The number of nitro groups is 1. The number of hydrogen-bond acceptors (Lipinski definition) is 4. The summed E-state index contributed by atoms with van der Waals surface area (Å²) in [4.78, 5) is 14.9. The van der Waals surface area contributed by atoms with Gasteiger partial charge >= 0.3 is 0 Å². The summed E-state index contributed by atoms with van der Waals surface area (Å²) < 4.78 is 0. The van der Waals surface area contributed by atoms with Crippen molar-refractivity contribution in [3.8, 4) is 0 Å². The summed E-state index contributed by atoms with van der Waals surface area (Å²) in [5, 5.41) is 15.2. The lowest BCUT2D eigenvalue weighted by Gasteiger charge is -2.39. The quantitative estimate of drug-likeness (QED) is 0.506. The van der Waals surface area contributed by atoms with E-state index in [4.69, 9.17) is 12.2 Å². The third-order valence-electron chi connectivity index (χ3n) is 5.41. The zero-order valence-electron chi connectivity index (χ0n) is 14.7. The highest BCUT2D eigenvalue weighted by Gasteiger charge is 2.25. The molecule has 0 bridgehead atoms. The number of benzene rings is 1. The molecule has 1 saturated carbocycles. The fourth-order valence-electron chi connectivity index (χ4n) is 3.73. The van der Waals surface area contributed by atoms with Gasteiger partial charge in [-0.25, -0.2) is 0 Å². The molecular formula is C18H26N4O2S. The molecule has 1 N–H and O–H groups in total. The molecule has 25 heavy (non-hydrogen) atoms. The van der Waals surface area contributed by atoms with Crippen LogP contribution in [-0.4, -0.2) is 47.2 Å². The summed E-state index contributed by atoms with van der Waals surface area (Å²) in [5.74, 6) is 0.688. The van der Waals surface area contributed by atoms with Crippen molar-refractivity contribution in [2.24, 2.45) is 5.92 Å². The smallest absolute Gasteiger partial charge is 0.269 e. The molecule has 0 aromatic heterocycles. The van der Waals surface area contributed by atoms with Crippen LogP contribution < -0.4 is 10.2 Å². The third kappa shape index (κ3) is 4.39. The molecule has 7 heteroatoms. The van der Waals surface area contributed by atoms with Crippen molar-refractivity contribution in [3.63, 3.8) is 0 Å². The Morgan fingerprint density at radius 3 is 2.40 bits per heavy atom. The standard InChI is InChI=1S/C18H26N4O2S/c1-14-4-2-3-5-17(14)19-18(25)21-12-10-20(11-13-21)15-6-8-16(9-7-15)22(23)24/h6-9,14,17H,2-5,10-13H2,1H3,(H,19,25)/t14-,17-/m0/s1.